The summed E-state index contributed by atoms with van der Waals surface area (Å²) in [6.45, 7) is 7.72. The number of ether oxygens (including phenoxy) is 1. The molecule has 0 spiro atoms. The van der Waals surface area contributed by atoms with Crippen molar-refractivity contribution in [1.29, 1.82) is 0 Å². The number of aryl methyl sites for hydroxylation is 1. The highest BCUT2D eigenvalue weighted by molar-refractivity contribution is 7.92. The van der Waals surface area contributed by atoms with Crippen LogP contribution in [0.4, 0.5) is 5.69 Å². The summed E-state index contributed by atoms with van der Waals surface area (Å²) in [5.41, 5.74) is 1.85. The molecule has 0 radical (unpaired) electrons. The van der Waals surface area contributed by atoms with E-state index in [1.807, 2.05) is 32.9 Å². The standard InChI is InChI=1S/C26H36ClN3O5S/c1-7-24(26(32)28-15-18(2)3)29(16-20-9-12-22(35-5)13-10-20)25(31)17-30(36(6,33)34)21-11-8-19(4)23(27)14-21/h8-14,18,24H,7,15-17H2,1-6H3,(H,28,32)/t24-/m1/s1. The van der Waals surface area contributed by atoms with Crippen LogP contribution in [0.15, 0.2) is 42.5 Å². The molecule has 0 aliphatic rings. The SMILES string of the molecule is CC[C@H](C(=O)NCC(C)C)N(Cc1ccc(OC)cc1)C(=O)CN(c1ccc(C)c(Cl)c1)S(C)(=O)=O. The highest BCUT2D eigenvalue weighted by atomic mass is 35.5. The summed E-state index contributed by atoms with van der Waals surface area (Å²) >= 11 is 6.23. The second-order valence-corrected chi connectivity index (χ2v) is 11.4. The summed E-state index contributed by atoms with van der Waals surface area (Å²) in [5, 5.41) is 3.29. The van der Waals surface area contributed by atoms with Gasteiger partial charge in [0.05, 0.1) is 19.1 Å². The Bertz CT molecular complexity index is 1150. The number of amides is 2. The lowest BCUT2D eigenvalue weighted by Gasteiger charge is -2.33. The molecule has 2 aromatic carbocycles. The Morgan fingerprint density at radius 1 is 1.11 bits per heavy atom. The Hall–Kier alpha value is -2.78. The third-order valence-electron chi connectivity index (χ3n) is 5.71. The topological polar surface area (TPSA) is 96.0 Å². The average Bonchev–Trinajstić information content (AvgIpc) is 2.82. The first-order valence-corrected chi connectivity index (χ1v) is 14.0. The first-order valence-electron chi connectivity index (χ1n) is 11.8. The number of carbonyl (C=O) groups is 2. The maximum absolute atomic E-state index is 13.7. The van der Waals surface area contributed by atoms with Crippen molar-refractivity contribution in [3.05, 3.63) is 58.6 Å². The van der Waals surface area contributed by atoms with E-state index < -0.39 is 28.5 Å². The third-order valence-corrected chi connectivity index (χ3v) is 7.25. The number of nitrogens with zero attached hydrogens (tertiary/aromatic N) is 2. The van der Waals surface area contributed by atoms with Crippen LogP contribution in [0, 0.1) is 12.8 Å². The van der Waals surface area contributed by atoms with Crippen LogP contribution in [0.1, 0.15) is 38.3 Å². The van der Waals surface area contributed by atoms with Crippen LogP contribution >= 0.6 is 11.6 Å². The van der Waals surface area contributed by atoms with Gasteiger partial charge >= 0.3 is 0 Å². The lowest BCUT2D eigenvalue weighted by molar-refractivity contribution is -0.140. The quantitative estimate of drug-likeness (QED) is 0.441. The number of anilines is 1. The van der Waals surface area contributed by atoms with Gasteiger partial charge in [0.1, 0.15) is 18.3 Å². The van der Waals surface area contributed by atoms with Crippen LogP contribution in [0.2, 0.25) is 5.02 Å². The van der Waals surface area contributed by atoms with Crippen molar-refractivity contribution >= 4 is 39.1 Å². The van der Waals surface area contributed by atoms with Crippen LogP contribution in [-0.2, 0) is 26.2 Å². The molecule has 0 heterocycles. The maximum atomic E-state index is 13.7. The molecule has 8 nitrogen and oxygen atoms in total. The van der Waals surface area contributed by atoms with E-state index in [2.05, 4.69) is 5.32 Å². The highest BCUT2D eigenvalue weighted by Gasteiger charge is 2.31. The molecule has 0 unspecified atom stereocenters. The summed E-state index contributed by atoms with van der Waals surface area (Å²) in [6, 6.07) is 11.2. The van der Waals surface area contributed by atoms with E-state index in [1.54, 1.807) is 38.3 Å². The van der Waals surface area contributed by atoms with E-state index >= 15 is 0 Å². The van der Waals surface area contributed by atoms with Gasteiger partial charge in [-0.25, -0.2) is 8.42 Å². The lowest BCUT2D eigenvalue weighted by atomic mass is 10.1. The molecule has 198 valence electrons. The Balaban J connectivity index is 2.43. The number of sulfonamides is 1. The van der Waals surface area contributed by atoms with Gasteiger partial charge in [-0.3, -0.25) is 13.9 Å². The molecule has 36 heavy (non-hydrogen) atoms. The van der Waals surface area contributed by atoms with Crippen LogP contribution in [0.5, 0.6) is 5.75 Å². The van der Waals surface area contributed by atoms with Crippen molar-refractivity contribution in [3.63, 3.8) is 0 Å². The van der Waals surface area contributed by atoms with E-state index in [1.165, 1.54) is 11.0 Å². The van der Waals surface area contributed by atoms with Gasteiger partial charge in [0, 0.05) is 18.1 Å². The van der Waals surface area contributed by atoms with Crippen molar-refractivity contribution in [1.82, 2.24) is 10.2 Å². The van der Waals surface area contributed by atoms with Gasteiger partial charge in [-0.1, -0.05) is 50.6 Å². The first-order chi connectivity index (χ1) is 16.9. The molecule has 1 atom stereocenters. The molecular weight excluding hydrogens is 502 g/mol. The largest absolute Gasteiger partial charge is 0.497 e. The minimum atomic E-state index is -3.82. The van der Waals surface area contributed by atoms with Crippen LogP contribution in [0.25, 0.3) is 0 Å². The molecule has 0 aliphatic heterocycles. The molecule has 0 aromatic heterocycles. The fourth-order valence-electron chi connectivity index (χ4n) is 3.62. The number of hydrogen-bond donors (Lipinski definition) is 1. The van der Waals surface area contributed by atoms with E-state index in [0.29, 0.717) is 23.7 Å². The van der Waals surface area contributed by atoms with Gasteiger partial charge in [-0.15, -0.1) is 0 Å². The van der Waals surface area contributed by atoms with Gasteiger partial charge in [0.15, 0.2) is 0 Å². The van der Waals surface area contributed by atoms with Crippen molar-refractivity contribution in [2.45, 2.75) is 46.7 Å². The zero-order valence-corrected chi connectivity index (χ0v) is 23.3. The Morgan fingerprint density at radius 3 is 2.25 bits per heavy atom. The van der Waals surface area contributed by atoms with E-state index in [0.717, 1.165) is 21.7 Å². The van der Waals surface area contributed by atoms with Gasteiger partial charge in [-0.2, -0.15) is 0 Å². The number of nitrogens with one attached hydrogen (secondary N) is 1. The molecule has 2 aromatic rings. The number of rotatable bonds is 12. The zero-order chi connectivity index (χ0) is 27.0. The van der Waals surface area contributed by atoms with Crippen molar-refractivity contribution in [2.75, 3.05) is 30.8 Å². The number of benzene rings is 2. The monoisotopic (exact) mass is 537 g/mol. The van der Waals surface area contributed by atoms with Gasteiger partial charge in [-0.05, 0) is 54.7 Å². The molecule has 10 heteroatoms. The van der Waals surface area contributed by atoms with Crippen molar-refractivity contribution in [2.24, 2.45) is 5.92 Å². The van der Waals surface area contributed by atoms with Crippen LogP contribution < -0.4 is 14.4 Å². The highest BCUT2D eigenvalue weighted by Crippen LogP contribution is 2.25. The van der Waals surface area contributed by atoms with Crippen molar-refractivity contribution < 1.29 is 22.7 Å². The fraction of sp³-hybridized carbons (Fsp3) is 0.462. The zero-order valence-electron chi connectivity index (χ0n) is 21.7. The van der Waals surface area contributed by atoms with E-state index in [-0.39, 0.29) is 24.1 Å². The molecule has 2 rings (SSSR count). The Kier molecular flexibility index (Phi) is 10.6. The van der Waals surface area contributed by atoms with Crippen LogP contribution in [-0.4, -0.2) is 57.6 Å². The summed E-state index contributed by atoms with van der Waals surface area (Å²) in [6.07, 6.45) is 1.40. The predicted octanol–water partition coefficient (Wildman–Crippen LogP) is 4.00. The molecule has 0 saturated heterocycles. The number of carbonyl (C=O) groups excluding carboxylic acids is 2. The van der Waals surface area contributed by atoms with Crippen LogP contribution in [0.3, 0.4) is 0 Å². The lowest BCUT2D eigenvalue weighted by Crippen LogP contribution is -2.52. The Morgan fingerprint density at radius 2 is 1.75 bits per heavy atom. The summed E-state index contributed by atoms with van der Waals surface area (Å²) in [7, 11) is -2.26. The maximum Gasteiger partial charge on any atom is 0.244 e. The molecule has 0 aliphatic carbocycles. The number of halogens is 1. The van der Waals surface area contributed by atoms with E-state index in [9.17, 15) is 18.0 Å². The van der Waals surface area contributed by atoms with Gasteiger partial charge in [0.25, 0.3) is 0 Å². The molecule has 1 N–H and O–H groups in total. The van der Waals surface area contributed by atoms with Gasteiger partial charge < -0.3 is 15.0 Å². The number of hydrogen-bond acceptors (Lipinski definition) is 5. The van der Waals surface area contributed by atoms with Gasteiger partial charge in [0.2, 0.25) is 21.8 Å². The second-order valence-electron chi connectivity index (χ2n) is 9.14. The predicted molar refractivity (Wildman–Crippen MR) is 144 cm³/mol. The minimum Gasteiger partial charge on any atom is -0.497 e. The molecule has 0 bridgehead atoms. The second kappa shape index (κ2) is 13.0. The third kappa shape index (κ3) is 8.13. The molecular formula is C26H36ClN3O5S. The molecule has 0 saturated carbocycles. The van der Waals surface area contributed by atoms with Crippen molar-refractivity contribution in [3.8, 4) is 5.75 Å². The Labute approximate surface area is 219 Å². The first kappa shape index (κ1) is 29.5. The normalized spacial score (nSPS) is 12.2. The summed E-state index contributed by atoms with van der Waals surface area (Å²) in [5.74, 6) is 0.124. The smallest absolute Gasteiger partial charge is 0.244 e. The fourth-order valence-corrected chi connectivity index (χ4v) is 4.64. The average molecular weight is 538 g/mol. The molecule has 0 fully saturated rings. The van der Waals surface area contributed by atoms with E-state index in [4.69, 9.17) is 16.3 Å². The minimum absolute atomic E-state index is 0.128. The number of methoxy groups -OCH3 is 1. The molecule has 2 amide bonds. The summed E-state index contributed by atoms with van der Waals surface area (Å²) in [4.78, 5) is 28.2. The summed E-state index contributed by atoms with van der Waals surface area (Å²) < 4.78 is 31.6.